The minimum atomic E-state index is 0.0876. The summed E-state index contributed by atoms with van der Waals surface area (Å²) in [5, 5.41) is 0. The molecule has 4 heteroatoms. The lowest BCUT2D eigenvalue weighted by molar-refractivity contribution is 0.0978. The fourth-order valence-corrected chi connectivity index (χ4v) is 3.27. The Kier molecular flexibility index (Phi) is 3.66. The van der Waals surface area contributed by atoms with Gasteiger partial charge in [0.15, 0.2) is 11.6 Å². The van der Waals surface area contributed by atoms with Crippen LogP contribution in [0.5, 0.6) is 5.75 Å². The van der Waals surface area contributed by atoms with Crippen molar-refractivity contribution in [2.24, 2.45) is 0 Å². The number of ether oxygens (including phenoxy) is 2. The molecule has 114 valence electrons. The molecule has 0 saturated carbocycles. The van der Waals surface area contributed by atoms with E-state index in [4.69, 9.17) is 9.47 Å². The molecule has 0 radical (unpaired) electrons. The van der Waals surface area contributed by atoms with Crippen molar-refractivity contribution in [2.45, 2.75) is 38.6 Å². The normalized spacial score (nSPS) is 24.1. The third kappa shape index (κ3) is 2.42. The summed E-state index contributed by atoms with van der Waals surface area (Å²) in [6.45, 7) is 13.7. The number of pyridine rings is 1. The van der Waals surface area contributed by atoms with Crippen LogP contribution in [0.1, 0.15) is 38.3 Å². The fraction of sp³-hybridized carbons (Fsp3) is 0.588. The van der Waals surface area contributed by atoms with Crippen molar-refractivity contribution in [1.29, 1.82) is 0 Å². The Morgan fingerprint density at radius 1 is 1.43 bits per heavy atom. The van der Waals surface area contributed by atoms with Crippen LogP contribution in [-0.4, -0.2) is 37.4 Å². The maximum Gasteiger partial charge on any atom is 0.172 e. The van der Waals surface area contributed by atoms with Crippen molar-refractivity contribution in [3.05, 3.63) is 23.9 Å². The maximum absolute atomic E-state index is 6.04. The van der Waals surface area contributed by atoms with Crippen molar-refractivity contribution < 1.29 is 9.47 Å². The summed E-state index contributed by atoms with van der Waals surface area (Å²) in [5.41, 5.74) is 2.41. The smallest absolute Gasteiger partial charge is 0.172 e. The van der Waals surface area contributed by atoms with Gasteiger partial charge in [0.05, 0.1) is 25.9 Å². The first kappa shape index (κ1) is 14.4. The molecule has 0 aromatic carbocycles. The highest BCUT2D eigenvalue weighted by molar-refractivity contribution is 5.67. The van der Waals surface area contributed by atoms with E-state index in [2.05, 4.69) is 37.2 Å². The van der Waals surface area contributed by atoms with E-state index in [9.17, 15) is 0 Å². The van der Waals surface area contributed by atoms with Crippen LogP contribution in [0.25, 0.3) is 6.08 Å². The van der Waals surface area contributed by atoms with E-state index in [1.54, 1.807) is 0 Å². The molecule has 0 amide bonds. The van der Waals surface area contributed by atoms with E-state index in [0.717, 1.165) is 49.9 Å². The van der Waals surface area contributed by atoms with Gasteiger partial charge >= 0.3 is 0 Å². The third-order valence-electron chi connectivity index (χ3n) is 4.55. The summed E-state index contributed by atoms with van der Waals surface area (Å²) < 4.78 is 11.6. The minimum Gasteiger partial charge on any atom is -0.489 e. The van der Waals surface area contributed by atoms with Crippen molar-refractivity contribution in [1.82, 2.24) is 4.98 Å². The van der Waals surface area contributed by atoms with Crippen LogP contribution in [0.15, 0.2) is 12.8 Å². The van der Waals surface area contributed by atoms with Gasteiger partial charge in [0.2, 0.25) is 0 Å². The first-order valence-electron chi connectivity index (χ1n) is 7.67. The second-order valence-electron chi connectivity index (χ2n) is 6.55. The van der Waals surface area contributed by atoms with Crippen LogP contribution in [0.4, 0.5) is 5.82 Å². The highest BCUT2D eigenvalue weighted by Crippen LogP contribution is 2.45. The minimum absolute atomic E-state index is 0.0876. The molecule has 2 aliphatic rings. The number of anilines is 1. The highest BCUT2D eigenvalue weighted by atomic mass is 16.5. The first-order valence-corrected chi connectivity index (χ1v) is 7.67. The lowest BCUT2D eigenvalue weighted by Crippen LogP contribution is -2.45. The second-order valence-corrected chi connectivity index (χ2v) is 6.55. The average Bonchev–Trinajstić information content (AvgIpc) is 2.47. The zero-order chi connectivity index (χ0) is 15.0. The Morgan fingerprint density at radius 2 is 2.24 bits per heavy atom. The van der Waals surface area contributed by atoms with E-state index in [0.29, 0.717) is 6.04 Å². The molecule has 1 atom stereocenters. The summed E-state index contributed by atoms with van der Waals surface area (Å²) in [4.78, 5) is 6.98. The van der Waals surface area contributed by atoms with E-state index >= 15 is 0 Å². The van der Waals surface area contributed by atoms with Gasteiger partial charge in [-0.15, -0.1) is 0 Å². The molecule has 0 aliphatic carbocycles. The fourth-order valence-electron chi connectivity index (χ4n) is 3.27. The van der Waals surface area contributed by atoms with Crippen molar-refractivity contribution in [2.75, 3.05) is 31.3 Å². The molecule has 21 heavy (non-hydrogen) atoms. The molecule has 1 aromatic rings. The summed E-state index contributed by atoms with van der Waals surface area (Å²) in [6, 6.07) is 0.318. The van der Waals surface area contributed by atoms with Gasteiger partial charge in [-0.3, -0.25) is 0 Å². The van der Waals surface area contributed by atoms with E-state index in [-0.39, 0.29) is 5.41 Å². The van der Waals surface area contributed by atoms with Crippen LogP contribution in [-0.2, 0) is 10.2 Å². The van der Waals surface area contributed by atoms with Crippen LogP contribution in [0.3, 0.4) is 0 Å². The monoisotopic (exact) mass is 288 g/mol. The molecular weight excluding hydrogens is 264 g/mol. The topological polar surface area (TPSA) is 34.6 Å². The number of nitrogens with zero attached hydrogens (tertiary/aromatic N) is 2. The van der Waals surface area contributed by atoms with Crippen molar-refractivity contribution >= 4 is 11.9 Å². The van der Waals surface area contributed by atoms with Gasteiger partial charge in [0.1, 0.15) is 0 Å². The van der Waals surface area contributed by atoms with Crippen LogP contribution in [0.2, 0.25) is 0 Å². The lowest BCUT2D eigenvalue weighted by Gasteiger charge is -2.39. The van der Waals surface area contributed by atoms with Gasteiger partial charge in [0, 0.05) is 18.3 Å². The van der Waals surface area contributed by atoms with Gasteiger partial charge in [-0.25, -0.2) is 4.98 Å². The molecule has 3 rings (SSSR count). The highest BCUT2D eigenvalue weighted by Gasteiger charge is 2.35. The molecule has 2 aliphatic heterocycles. The summed E-state index contributed by atoms with van der Waals surface area (Å²) in [5.74, 6) is 1.90. The molecule has 0 spiro atoms. The van der Waals surface area contributed by atoms with E-state index in [1.165, 1.54) is 5.56 Å². The molecule has 1 fully saturated rings. The molecule has 1 saturated heterocycles. The Labute approximate surface area is 126 Å². The molecule has 0 N–H and O–H groups in total. The summed E-state index contributed by atoms with van der Waals surface area (Å²) >= 11 is 0. The van der Waals surface area contributed by atoms with Gasteiger partial charge in [0.25, 0.3) is 0 Å². The van der Waals surface area contributed by atoms with E-state index in [1.807, 2.05) is 12.3 Å². The first-order chi connectivity index (χ1) is 10.0. The molecule has 1 unspecified atom stereocenters. The van der Waals surface area contributed by atoms with Gasteiger partial charge in [-0.1, -0.05) is 26.5 Å². The molecule has 1 aromatic heterocycles. The number of aromatic nitrogens is 1. The molecule has 4 nitrogen and oxygen atoms in total. The van der Waals surface area contributed by atoms with Crippen LogP contribution in [0, 0.1) is 0 Å². The number of rotatable bonds is 2. The van der Waals surface area contributed by atoms with Gasteiger partial charge in [-0.2, -0.15) is 0 Å². The lowest BCUT2D eigenvalue weighted by atomic mass is 9.78. The maximum atomic E-state index is 6.04. The standard InChI is InChI=1S/C17H24N2O2/c1-5-13-10-18-16(19-7-9-20-11-12(19)2)15-14(13)17(3,4)6-8-21-15/h5,10,12H,1,6-9,11H2,2-4H3. The van der Waals surface area contributed by atoms with Crippen LogP contribution >= 0.6 is 0 Å². The number of morpholine rings is 1. The Hall–Kier alpha value is -1.55. The summed E-state index contributed by atoms with van der Waals surface area (Å²) in [6.07, 6.45) is 4.83. The largest absolute Gasteiger partial charge is 0.489 e. The zero-order valence-electron chi connectivity index (χ0n) is 13.2. The quantitative estimate of drug-likeness (QED) is 0.838. The van der Waals surface area contributed by atoms with Gasteiger partial charge in [-0.05, 0) is 24.3 Å². The predicted molar refractivity (Wildman–Crippen MR) is 85.1 cm³/mol. The SMILES string of the molecule is C=Cc1cnc(N2CCOCC2C)c2c1C(C)(C)CCO2. The number of hydrogen-bond acceptors (Lipinski definition) is 4. The zero-order valence-corrected chi connectivity index (χ0v) is 13.2. The van der Waals surface area contributed by atoms with Crippen molar-refractivity contribution in [3.63, 3.8) is 0 Å². The average molecular weight is 288 g/mol. The van der Waals surface area contributed by atoms with Gasteiger partial charge < -0.3 is 14.4 Å². The third-order valence-corrected chi connectivity index (χ3v) is 4.55. The Balaban J connectivity index is 2.13. The molecular formula is C17H24N2O2. The predicted octanol–water partition coefficient (Wildman–Crippen LogP) is 3.01. The number of hydrogen-bond donors (Lipinski definition) is 0. The molecule has 3 heterocycles. The Bertz CT molecular complexity index is 554. The van der Waals surface area contributed by atoms with E-state index < -0.39 is 0 Å². The Morgan fingerprint density at radius 3 is 2.95 bits per heavy atom. The van der Waals surface area contributed by atoms with Crippen LogP contribution < -0.4 is 9.64 Å². The van der Waals surface area contributed by atoms with Crippen molar-refractivity contribution in [3.8, 4) is 5.75 Å². The number of fused-ring (bicyclic) bond motifs is 1. The second kappa shape index (κ2) is 5.34. The molecule has 0 bridgehead atoms. The summed E-state index contributed by atoms with van der Waals surface area (Å²) in [7, 11) is 0.